The molecule has 0 unspecified atom stereocenters. The Labute approximate surface area is 55.1 Å². The van der Waals surface area contributed by atoms with Gasteiger partial charge in [-0.25, -0.2) is 0 Å². The van der Waals surface area contributed by atoms with Crippen molar-refractivity contribution in [2.24, 2.45) is 0 Å². The van der Waals surface area contributed by atoms with Crippen LogP contribution in [0.3, 0.4) is 0 Å². The molecule has 1 N–H and O–H groups in total. The fourth-order valence-corrected chi connectivity index (χ4v) is 0.350. The van der Waals surface area contributed by atoms with E-state index >= 15 is 0 Å². The second kappa shape index (κ2) is 5.36. The van der Waals surface area contributed by atoms with Gasteiger partial charge >= 0.3 is 0 Å². The standard InChI is InChI=1S/C7H10O2/c1-3-5-9-7(4-2)6-8/h1,4,7-8H,2,5-6H2/t7-/m1/s1. The topological polar surface area (TPSA) is 29.5 Å². The van der Waals surface area contributed by atoms with Crippen LogP contribution < -0.4 is 0 Å². The molecule has 1 atom stereocenters. The average Bonchev–Trinajstić information content (AvgIpc) is 1.91. The second-order valence-corrected chi connectivity index (χ2v) is 1.47. The van der Waals surface area contributed by atoms with Gasteiger partial charge in [-0.3, -0.25) is 0 Å². The van der Waals surface area contributed by atoms with E-state index in [2.05, 4.69) is 12.5 Å². The molecule has 0 aliphatic carbocycles. The van der Waals surface area contributed by atoms with Gasteiger partial charge in [-0.15, -0.1) is 13.0 Å². The molecular weight excluding hydrogens is 116 g/mol. The van der Waals surface area contributed by atoms with Gasteiger partial charge in [0.15, 0.2) is 0 Å². The maximum Gasteiger partial charge on any atom is 0.108 e. The van der Waals surface area contributed by atoms with E-state index in [0.717, 1.165) is 0 Å². The number of aliphatic hydroxyl groups excluding tert-OH is 1. The Hall–Kier alpha value is -0.780. The molecule has 0 amide bonds. The Morgan fingerprint density at radius 1 is 1.89 bits per heavy atom. The zero-order valence-corrected chi connectivity index (χ0v) is 5.21. The largest absolute Gasteiger partial charge is 0.393 e. The Morgan fingerprint density at radius 2 is 2.56 bits per heavy atom. The molecule has 2 heteroatoms. The Balaban J connectivity index is 3.33. The smallest absolute Gasteiger partial charge is 0.108 e. The van der Waals surface area contributed by atoms with Gasteiger partial charge in [-0.2, -0.15) is 0 Å². The summed E-state index contributed by atoms with van der Waals surface area (Å²) in [6.45, 7) is 3.59. The lowest BCUT2D eigenvalue weighted by molar-refractivity contribution is 0.0631. The van der Waals surface area contributed by atoms with Gasteiger partial charge in [0.05, 0.1) is 12.7 Å². The normalized spacial score (nSPS) is 12.0. The first kappa shape index (κ1) is 8.22. The molecule has 0 heterocycles. The molecule has 9 heavy (non-hydrogen) atoms. The van der Waals surface area contributed by atoms with Crippen molar-refractivity contribution in [3.63, 3.8) is 0 Å². The zero-order chi connectivity index (χ0) is 7.11. The number of hydrogen-bond acceptors (Lipinski definition) is 2. The summed E-state index contributed by atoms with van der Waals surface area (Å²) in [6.07, 6.45) is 6.09. The summed E-state index contributed by atoms with van der Waals surface area (Å²) in [7, 11) is 0. The third-order valence-corrected chi connectivity index (χ3v) is 0.824. The first-order valence-corrected chi connectivity index (χ1v) is 2.63. The lowest BCUT2D eigenvalue weighted by atomic mass is 10.4. The van der Waals surface area contributed by atoms with E-state index in [0.29, 0.717) is 0 Å². The zero-order valence-electron chi connectivity index (χ0n) is 5.21. The number of aliphatic hydroxyl groups is 1. The van der Waals surface area contributed by atoms with Crippen LogP contribution in [0.15, 0.2) is 12.7 Å². The van der Waals surface area contributed by atoms with Crippen molar-refractivity contribution in [2.45, 2.75) is 6.10 Å². The molecule has 0 aromatic heterocycles. The Kier molecular flexibility index (Phi) is 4.89. The van der Waals surface area contributed by atoms with Crippen molar-refractivity contribution < 1.29 is 9.84 Å². The molecule has 0 saturated carbocycles. The molecule has 0 aromatic carbocycles. The van der Waals surface area contributed by atoms with Gasteiger partial charge in [0.2, 0.25) is 0 Å². The van der Waals surface area contributed by atoms with Crippen LogP contribution in [0.1, 0.15) is 0 Å². The number of terminal acetylenes is 1. The monoisotopic (exact) mass is 126 g/mol. The van der Waals surface area contributed by atoms with E-state index in [4.69, 9.17) is 16.3 Å². The molecular formula is C7H10O2. The van der Waals surface area contributed by atoms with Crippen LogP contribution in [0.4, 0.5) is 0 Å². The summed E-state index contributed by atoms with van der Waals surface area (Å²) in [5, 5.41) is 8.49. The highest BCUT2D eigenvalue weighted by molar-refractivity contribution is 4.86. The third kappa shape index (κ3) is 3.77. The van der Waals surface area contributed by atoms with Crippen LogP contribution in [0.5, 0.6) is 0 Å². The van der Waals surface area contributed by atoms with Crippen molar-refractivity contribution in [3.05, 3.63) is 12.7 Å². The minimum atomic E-state index is -0.318. The average molecular weight is 126 g/mol. The first-order valence-electron chi connectivity index (χ1n) is 2.63. The minimum Gasteiger partial charge on any atom is -0.393 e. The SMILES string of the molecule is C#CCO[C@H](C=C)CO. The fourth-order valence-electron chi connectivity index (χ4n) is 0.350. The van der Waals surface area contributed by atoms with E-state index in [9.17, 15) is 0 Å². The van der Waals surface area contributed by atoms with E-state index in [1.165, 1.54) is 6.08 Å². The molecule has 2 nitrogen and oxygen atoms in total. The van der Waals surface area contributed by atoms with Gasteiger partial charge in [0.25, 0.3) is 0 Å². The highest BCUT2D eigenvalue weighted by Gasteiger charge is 1.97. The van der Waals surface area contributed by atoms with Crippen LogP contribution in [0.2, 0.25) is 0 Å². The van der Waals surface area contributed by atoms with Crippen molar-refractivity contribution in [3.8, 4) is 12.3 Å². The van der Waals surface area contributed by atoms with Gasteiger partial charge in [0.1, 0.15) is 6.61 Å². The van der Waals surface area contributed by atoms with Crippen LogP contribution in [-0.2, 0) is 4.74 Å². The third-order valence-electron chi connectivity index (χ3n) is 0.824. The van der Waals surface area contributed by atoms with Crippen molar-refractivity contribution in [2.75, 3.05) is 13.2 Å². The van der Waals surface area contributed by atoms with Crippen molar-refractivity contribution in [1.82, 2.24) is 0 Å². The number of rotatable bonds is 4. The molecule has 0 aliphatic rings. The number of hydrogen-bond donors (Lipinski definition) is 1. The van der Waals surface area contributed by atoms with Crippen molar-refractivity contribution >= 4 is 0 Å². The fraction of sp³-hybridized carbons (Fsp3) is 0.429. The first-order chi connectivity index (χ1) is 4.35. The van der Waals surface area contributed by atoms with Crippen LogP contribution >= 0.6 is 0 Å². The molecule has 0 saturated heterocycles. The summed E-state index contributed by atoms with van der Waals surface area (Å²) in [5.41, 5.74) is 0. The molecule has 0 bridgehead atoms. The van der Waals surface area contributed by atoms with Gasteiger partial charge in [-0.05, 0) is 0 Å². The number of ether oxygens (including phenoxy) is 1. The minimum absolute atomic E-state index is 0.0643. The molecule has 0 aromatic rings. The van der Waals surface area contributed by atoms with Gasteiger partial charge in [-0.1, -0.05) is 12.0 Å². The maximum atomic E-state index is 8.49. The van der Waals surface area contributed by atoms with Crippen LogP contribution in [-0.4, -0.2) is 24.4 Å². The van der Waals surface area contributed by atoms with E-state index in [1.807, 2.05) is 0 Å². The molecule has 0 rings (SSSR count). The highest BCUT2D eigenvalue weighted by Crippen LogP contribution is 1.89. The highest BCUT2D eigenvalue weighted by atomic mass is 16.5. The summed E-state index contributed by atoms with van der Waals surface area (Å²) in [4.78, 5) is 0. The Morgan fingerprint density at radius 3 is 2.89 bits per heavy atom. The molecule has 0 spiro atoms. The van der Waals surface area contributed by atoms with E-state index in [-0.39, 0.29) is 19.3 Å². The Bertz CT molecular complexity index is 113. The molecule has 0 fully saturated rings. The molecule has 0 aliphatic heterocycles. The predicted molar refractivity (Wildman–Crippen MR) is 35.9 cm³/mol. The lowest BCUT2D eigenvalue weighted by Crippen LogP contribution is -2.14. The maximum absolute atomic E-state index is 8.49. The molecule has 0 radical (unpaired) electrons. The summed E-state index contributed by atoms with van der Waals surface area (Å²) in [5.74, 6) is 2.29. The van der Waals surface area contributed by atoms with E-state index in [1.54, 1.807) is 0 Å². The van der Waals surface area contributed by atoms with Crippen LogP contribution in [0, 0.1) is 12.3 Å². The quantitative estimate of drug-likeness (QED) is 0.430. The van der Waals surface area contributed by atoms with Gasteiger partial charge < -0.3 is 9.84 Å². The summed E-state index contributed by atoms with van der Waals surface area (Å²) >= 11 is 0. The summed E-state index contributed by atoms with van der Waals surface area (Å²) in [6, 6.07) is 0. The second-order valence-electron chi connectivity index (χ2n) is 1.47. The van der Waals surface area contributed by atoms with Gasteiger partial charge in [0, 0.05) is 0 Å². The van der Waals surface area contributed by atoms with Crippen molar-refractivity contribution in [1.29, 1.82) is 0 Å². The van der Waals surface area contributed by atoms with E-state index < -0.39 is 0 Å². The summed E-state index contributed by atoms with van der Waals surface area (Å²) < 4.78 is 4.89. The predicted octanol–water partition coefficient (Wildman–Crippen LogP) is 0.183. The molecule has 50 valence electrons. The lowest BCUT2D eigenvalue weighted by Gasteiger charge is -2.06. The van der Waals surface area contributed by atoms with Crippen LogP contribution in [0.25, 0.3) is 0 Å².